The maximum absolute atomic E-state index is 13.0. The van der Waals surface area contributed by atoms with Gasteiger partial charge in [0, 0.05) is 44.1 Å². The number of nitrogens with one attached hydrogen (secondary N) is 2. The first-order valence-electron chi connectivity index (χ1n) is 9.49. The van der Waals surface area contributed by atoms with Crippen molar-refractivity contribution >= 4 is 27.6 Å². The number of rotatable bonds is 8. The zero-order valence-corrected chi connectivity index (χ0v) is 17.1. The van der Waals surface area contributed by atoms with Crippen LogP contribution in [0.1, 0.15) is 25.7 Å². The Hall–Kier alpha value is -2.72. The van der Waals surface area contributed by atoms with Gasteiger partial charge in [-0.3, -0.25) is 4.79 Å². The van der Waals surface area contributed by atoms with Gasteiger partial charge in [-0.05, 0) is 37.1 Å². The molecular weight excluding hydrogens is 394 g/mol. The molecule has 1 aromatic carbocycles. The molecule has 1 saturated heterocycles. The fourth-order valence-corrected chi connectivity index (χ4v) is 4.80. The summed E-state index contributed by atoms with van der Waals surface area (Å²) in [6.45, 7) is 1.34. The van der Waals surface area contributed by atoms with E-state index in [4.69, 9.17) is 4.74 Å². The fraction of sp³-hybridized carbons (Fsp3) is 0.421. The average Bonchev–Trinajstić information content (AvgIpc) is 2.75. The van der Waals surface area contributed by atoms with Crippen molar-refractivity contribution in [3.63, 3.8) is 0 Å². The van der Waals surface area contributed by atoms with Crippen molar-refractivity contribution in [2.45, 2.75) is 30.6 Å². The number of hydrogen-bond acceptors (Lipinski definition) is 7. The van der Waals surface area contributed by atoms with E-state index in [-0.39, 0.29) is 23.0 Å². The molecule has 10 heteroatoms. The summed E-state index contributed by atoms with van der Waals surface area (Å²) >= 11 is 0. The molecule has 0 aliphatic carbocycles. The van der Waals surface area contributed by atoms with Crippen LogP contribution in [0.15, 0.2) is 41.6 Å². The zero-order chi connectivity index (χ0) is 20.7. The van der Waals surface area contributed by atoms with Gasteiger partial charge in [-0.2, -0.15) is 4.31 Å². The summed E-state index contributed by atoms with van der Waals surface area (Å²) in [7, 11) is -2.26. The van der Waals surface area contributed by atoms with Crippen LogP contribution in [0.2, 0.25) is 0 Å². The van der Waals surface area contributed by atoms with E-state index in [0.717, 1.165) is 19.3 Å². The van der Waals surface area contributed by atoms with Crippen LogP contribution in [0.3, 0.4) is 0 Å². The number of ether oxygens (including phenoxy) is 1. The molecule has 1 fully saturated rings. The summed E-state index contributed by atoms with van der Waals surface area (Å²) in [5.74, 6) is 0.455. The number of carbonyl (C=O) groups is 1. The smallest absolute Gasteiger partial charge is 0.246 e. The Bertz CT molecular complexity index is 931. The molecule has 29 heavy (non-hydrogen) atoms. The number of nitrogens with zero attached hydrogens (tertiary/aromatic N) is 3. The van der Waals surface area contributed by atoms with Gasteiger partial charge in [-0.25, -0.2) is 18.4 Å². The molecule has 1 aromatic heterocycles. The van der Waals surface area contributed by atoms with Crippen molar-refractivity contribution in [3.05, 3.63) is 36.7 Å². The van der Waals surface area contributed by atoms with Crippen molar-refractivity contribution in [1.29, 1.82) is 0 Å². The third-order valence-corrected chi connectivity index (χ3v) is 6.50. The molecule has 2 aromatic rings. The van der Waals surface area contributed by atoms with Gasteiger partial charge < -0.3 is 15.4 Å². The first-order valence-corrected chi connectivity index (χ1v) is 10.9. The topological polar surface area (TPSA) is 114 Å². The number of hydrogen-bond donors (Lipinski definition) is 2. The molecule has 1 aliphatic heterocycles. The van der Waals surface area contributed by atoms with Gasteiger partial charge in [0.1, 0.15) is 10.6 Å². The van der Waals surface area contributed by atoms with Gasteiger partial charge >= 0.3 is 0 Å². The van der Waals surface area contributed by atoms with Crippen LogP contribution < -0.4 is 15.4 Å². The quantitative estimate of drug-likeness (QED) is 0.673. The summed E-state index contributed by atoms with van der Waals surface area (Å²) in [4.78, 5) is 20.3. The van der Waals surface area contributed by atoms with Crippen molar-refractivity contribution in [3.8, 4) is 5.75 Å². The molecule has 156 valence electrons. The van der Waals surface area contributed by atoms with E-state index in [1.807, 2.05) is 0 Å². The van der Waals surface area contributed by atoms with Gasteiger partial charge in [0.2, 0.25) is 21.9 Å². The van der Waals surface area contributed by atoms with Gasteiger partial charge in [0.05, 0.1) is 7.11 Å². The van der Waals surface area contributed by atoms with Crippen molar-refractivity contribution in [2.24, 2.45) is 0 Å². The van der Waals surface area contributed by atoms with Crippen LogP contribution in [-0.4, -0.2) is 55.3 Å². The molecule has 0 spiro atoms. The van der Waals surface area contributed by atoms with Crippen LogP contribution >= 0.6 is 0 Å². The van der Waals surface area contributed by atoms with Crippen molar-refractivity contribution < 1.29 is 17.9 Å². The first-order chi connectivity index (χ1) is 14.0. The number of benzene rings is 1. The Morgan fingerprint density at radius 2 is 1.90 bits per heavy atom. The van der Waals surface area contributed by atoms with E-state index in [2.05, 4.69) is 20.6 Å². The molecular formula is C19H25N5O4S. The van der Waals surface area contributed by atoms with Crippen LogP contribution in [0.4, 0.5) is 11.6 Å². The van der Waals surface area contributed by atoms with E-state index in [1.165, 1.54) is 17.5 Å². The lowest BCUT2D eigenvalue weighted by Crippen LogP contribution is -2.35. The normalized spacial score (nSPS) is 14.9. The summed E-state index contributed by atoms with van der Waals surface area (Å²) < 4.78 is 32.8. The highest BCUT2D eigenvalue weighted by Crippen LogP contribution is 2.31. The minimum atomic E-state index is -3.69. The number of amides is 1. The van der Waals surface area contributed by atoms with E-state index in [9.17, 15) is 13.2 Å². The Labute approximate surface area is 170 Å². The lowest BCUT2D eigenvalue weighted by molar-refractivity contribution is -0.115. The standard InChI is InChI=1S/C19H25N5O4S/c1-28-16-7-6-15(14-17(16)29(26,27)24-12-3-2-4-13-24)23-18(25)8-11-22-19-20-9-5-10-21-19/h5-7,9-10,14H,2-4,8,11-13H2,1H3,(H,23,25)(H,20,21,22). The summed E-state index contributed by atoms with van der Waals surface area (Å²) in [6, 6.07) is 6.34. The van der Waals surface area contributed by atoms with Crippen molar-refractivity contribution in [2.75, 3.05) is 37.4 Å². The predicted molar refractivity (Wildman–Crippen MR) is 109 cm³/mol. The molecule has 9 nitrogen and oxygen atoms in total. The monoisotopic (exact) mass is 419 g/mol. The van der Waals surface area contributed by atoms with Crippen LogP contribution in [0.25, 0.3) is 0 Å². The SMILES string of the molecule is COc1ccc(NC(=O)CCNc2ncccn2)cc1S(=O)(=O)N1CCCCC1. The van der Waals surface area contributed by atoms with E-state index >= 15 is 0 Å². The Balaban J connectivity index is 1.67. The van der Waals surface area contributed by atoms with E-state index < -0.39 is 10.0 Å². The Morgan fingerprint density at radius 3 is 2.59 bits per heavy atom. The molecule has 2 heterocycles. The maximum atomic E-state index is 13.0. The largest absolute Gasteiger partial charge is 0.495 e. The fourth-order valence-electron chi connectivity index (χ4n) is 3.10. The minimum absolute atomic E-state index is 0.0653. The molecule has 0 saturated carbocycles. The third kappa shape index (κ3) is 5.42. The number of carbonyl (C=O) groups excluding carboxylic acids is 1. The number of sulfonamides is 1. The number of aromatic nitrogens is 2. The highest BCUT2D eigenvalue weighted by atomic mass is 32.2. The lowest BCUT2D eigenvalue weighted by Gasteiger charge is -2.26. The number of methoxy groups -OCH3 is 1. The minimum Gasteiger partial charge on any atom is -0.495 e. The highest BCUT2D eigenvalue weighted by Gasteiger charge is 2.29. The van der Waals surface area contributed by atoms with Gasteiger partial charge in [-0.1, -0.05) is 6.42 Å². The third-order valence-electron chi connectivity index (χ3n) is 4.58. The number of anilines is 2. The summed E-state index contributed by atoms with van der Waals surface area (Å²) in [6.07, 6.45) is 6.11. The molecule has 0 atom stereocenters. The molecule has 2 N–H and O–H groups in total. The van der Waals surface area contributed by atoms with E-state index in [1.54, 1.807) is 30.6 Å². The second-order valence-electron chi connectivity index (χ2n) is 6.63. The average molecular weight is 420 g/mol. The van der Waals surface area contributed by atoms with Crippen LogP contribution in [-0.2, 0) is 14.8 Å². The Morgan fingerprint density at radius 1 is 1.17 bits per heavy atom. The molecule has 0 unspecified atom stereocenters. The molecule has 3 rings (SSSR count). The molecule has 1 aliphatic rings. The predicted octanol–water partition coefficient (Wildman–Crippen LogP) is 2.10. The van der Waals surface area contributed by atoms with Crippen LogP contribution in [0, 0.1) is 0 Å². The lowest BCUT2D eigenvalue weighted by atomic mass is 10.2. The molecule has 0 radical (unpaired) electrons. The van der Waals surface area contributed by atoms with Gasteiger partial charge in [0.15, 0.2) is 0 Å². The van der Waals surface area contributed by atoms with Gasteiger partial charge in [-0.15, -0.1) is 0 Å². The van der Waals surface area contributed by atoms with Crippen molar-refractivity contribution in [1.82, 2.24) is 14.3 Å². The number of piperidine rings is 1. The maximum Gasteiger partial charge on any atom is 0.246 e. The zero-order valence-electron chi connectivity index (χ0n) is 16.3. The van der Waals surface area contributed by atoms with Crippen LogP contribution in [0.5, 0.6) is 5.75 Å². The first kappa shape index (κ1) is 21.0. The summed E-state index contributed by atoms with van der Waals surface area (Å²) in [5.41, 5.74) is 0.405. The second-order valence-corrected chi connectivity index (χ2v) is 8.53. The second kappa shape index (κ2) is 9.66. The Kier molecular flexibility index (Phi) is 6.99. The molecule has 1 amide bonds. The van der Waals surface area contributed by atoms with E-state index in [0.29, 0.717) is 31.3 Å². The summed E-state index contributed by atoms with van der Waals surface area (Å²) in [5, 5.41) is 5.69. The van der Waals surface area contributed by atoms with Gasteiger partial charge in [0.25, 0.3) is 0 Å². The highest BCUT2D eigenvalue weighted by molar-refractivity contribution is 7.89. The molecule has 0 bridgehead atoms.